The van der Waals surface area contributed by atoms with Gasteiger partial charge in [0, 0.05) is 6.42 Å². The zero-order valence-electron chi connectivity index (χ0n) is 14.7. The first-order chi connectivity index (χ1) is 11.9. The van der Waals surface area contributed by atoms with Gasteiger partial charge in [-0.3, -0.25) is 4.79 Å². The highest BCUT2D eigenvalue weighted by Crippen LogP contribution is 2.22. The molecule has 0 aliphatic carbocycles. The van der Waals surface area contributed by atoms with Gasteiger partial charge >= 0.3 is 5.97 Å². The number of methoxy groups -OCH3 is 1. The average molecular weight is 345 g/mol. The summed E-state index contributed by atoms with van der Waals surface area (Å²) in [5.41, 5.74) is 1.19. The molecule has 0 radical (unpaired) electrons. The number of rotatable bonds is 8. The second-order valence-corrected chi connectivity index (χ2v) is 6.09. The zero-order chi connectivity index (χ0) is 18.4. The quantitative estimate of drug-likeness (QED) is 0.767. The van der Waals surface area contributed by atoms with Crippen molar-refractivity contribution in [3.63, 3.8) is 0 Å². The molecule has 0 fully saturated rings. The van der Waals surface area contributed by atoms with E-state index in [1.165, 1.54) is 6.07 Å². The third-order valence-electron chi connectivity index (χ3n) is 3.95. The highest BCUT2D eigenvalue weighted by atomic mass is 16.5. The van der Waals surface area contributed by atoms with Crippen molar-refractivity contribution in [3.05, 3.63) is 53.0 Å². The lowest BCUT2D eigenvalue weighted by atomic mass is 9.97. The van der Waals surface area contributed by atoms with E-state index in [2.05, 4.69) is 5.32 Å². The summed E-state index contributed by atoms with van der Waals surface area (Å²) in [5, 5.41) is 11.8. The number of nitrogens with one attached hydrogen (secondary N) is 1. The summed E-state index contributed by atoms with van der Waals surface area (Å²) in [4.78, 5) is 23.1. The van der Waals surface area contributed by atoms with E-state index < -0.39 is 5.97 Å². The lowest BCUT2D eigenvalue weighted by Crippen LogP contribution is -2.24. The van der Waals surface area contributed by atoms with E-state index >= 15 is 0 Å². The maximum atomic E-state index is 12.1. The average Bonchev–Trinajstić information content (AvgIpc) is 2.94. The number of hydrogen-bond acceptors (Lipinski definition) is 4. The molecule has 0 aliphatic rings. The number of benzene rings is 1. The highest BCUT2D eigenvalue weighted by Gasteiger charge is 2.15. The largest absolute Gasteiger partial charge is 0.496 e. The Morgan fingerprint density at radius 1 is 1.32 bits per heavy atom. The second kappa shape index (κ2) is 8.37. The van der Waals surface area contributed by atoms with E-state index in [0.717, 1.165) is 17.7 Å². The Bertz CT molecular complexity index is 750. The molecule has 0 saturated heterocycles. The number of aromatic carboxylic acids is 1. The van der Waals surface area contributed by atoms with E-state index in [0.29, 0.717) is 17.9 Å². The van der Waals surface area contributed by atoms with Gasteiger partial charge < -0.3 is 19.6 Å². The summed E-state index contributed by atoms with van der Waals surface area (Å²) in [5.74, 6) is 0.589. The highest BCUT2D eigenvalue weighted by molar-refractivity contribution is 5.88. The van der Waals surface area contributed by atoms with E-state index in [9.17, 15) is 9.59 Å². The molecule has 6 nitrogen and oxygen atoms in total. The molecule has 2 aromatic rings. The number of hydrogen-bond donors (Lipinski definition) is 2. The van der Waals surface area contributed by atoms with E-state index in [4.69, 9.17) is 14.3 Å². The molecule has 2 rings (SSSR count). The van der Waals surface area contributed by atoms with Crippen LogP contribution in [0, 0.1) is 12.8 Å². The summed E-state index contributed by atoms with van der Waals surface area (Å²) < 4.78 is 10.7. The summed E-state index contributed by atoms with van der Waals surface area (Å²) in [6.07, 6.45) is 1.10. The summed E-state index contributed by atoms with van der Waals surface area (Å²) in [6, 6.07) is 9.20. The van der Waals surface area contributed by atoms with Crippen LogP contribution < -0.4 is 10.1 Å². The van der Waals surface area contributed by atoms with Gasteiger partial charge in [0.05, 0.1) is 13.7 Å². The third kappa shape index (κ3) is 5.11. The maximum Gasteiger partial charge on any atom is 0.339 e. The molecule has 6 heteroatoms. The van der Waals surface area contributed by atoms with Gasteiger partial charge in [0.15, 0.2) is 0 Å². The molecular formula is C19H23NO5. The second-order valence-electron chi connectivity index (χ2n) is 6.09. The Hall–Kier alpha value is -2.76. The number of furan rings is 1. The Morgan fingerprint density at radius 2 is 2.04 bits per heavy atom. The summed E-state index contributed by atoms with van der Waals surface area (Å²) in [7, 11) is 1.63. The molecule has 134 valence electrons. The molecule has 0 spiro atoms. The van der Waals surface area contributed by atoms with E-state index in [1.807, 2.05) is 31.2 Å². The number of para-hydroxylation sites is 1. The smallest absolute Gasteiger partial charge is 0.339 e. The number of ether oxygens (including phenoxy) is 1. The van der Waals surface area contributed by atoms with Gasteiger partial charge in [0.2, 0.25) is 5.91 Å². The molecule has 1 unspecified atom stereocenters. The minimum atomic E-state index is -1.04. The van der Waals surface area contributed by atoms with Crippen LogP contribution in [0.3, 0.4) is 0 Å². The molecule has 0 bridgehead atoms. The predicted octanol–water partition coefficient (Wildman–Crippen LogP) is 3.18. The van der Waals surface area contributed by atoms with E-state index in [1.54, 1.807) is 14.0 Å². The molecule has 1 atom stereocenters. The van der Waals surface area contributed by atoms with Crippen molar-refractivity contribution >= 4 is 11.9 Å². The first-order valence-corrected chi connectivity index (χ1v) is 8.12. The number of carboxylic acids is 1. The Balaban J connectivity index is 1.85. The van der Waals surface area contributed by atoms with Crippen LogP contribution in [0.25, 0.3) is 0 Å². The van der Waals surface area contributed by atoms with Crippen LogP contribution in [0.2, 0.25) is 0 Å². The topological polar surface area (TPSA) is 88.8 Å². The van der Waals surface area contributed by atoms with Gasteiger partial charge in [-0.05, 0) is 37.0 Å². The number of carbonyl (C=O) groups excluding carboxylic acids is 1. The molecule has 0 saturated carbocycles. The zero-order valence-corrected chi connectivity index (χ0v) is 14.7. The number of carbonyl (C=O) groups is 2. The van der Waals surface area contributed by atoms with Crippen LogP contribution >= 0.6 is 0 Å². The fourth-order valence-electron chi connectivity index (χ4n) is 2.74. The molecule has 1 amide bonds. The fourth-order valence-corrected chi connectivity index (χ4v) is 2.74. The van der Waals surface area contributed by atoms with Crippen molar-refractivity contribution in [1.82, 2.24) is 5.32 Å². The number of amides is 1. The minimum Gasteiger partial charge on any atom is -0.496 e. The van der Waals surface area contributed by atoms with Gasteiger partial charge in [0.25, 0.3) is 0 Å². The van der Waals surface area contributed by atoms with E-state index in [-0.39, 0.29) is 23.9 Å². The van der Waals surface area contributed by atoms with Crippen LogP contribution in [0.4, 0.5) is 0 Å². The van der Waals surface area contributed by atoms with Crippen molar-refractivity contribution in [1.29, 1.82) is 0 Å². The molecule has 2 N–H and O–H groups in total. The van der Waals surface area contributed by atoms with Crippen LogP contribution in [-0.2, 0) is 17.8 Å². The van der Waals surface area contributed by atoms with Crippen molar-refractivity contribution < 1.29 is 23.8 Å². The molecule has 1 aromatic carbocycles. The predicted molar refractivity (Wildman–Crippen MR) is 92.7 cm³/mol. The molecule has 1 aromatic heterocycles. The first-order valence-electron chi connectivity index (χ1n) is 8.12. The Kier molecular flexibility index (Phi) is 6.22. The standard InChI is InChI=1S/C19H23NO5/c1-12(8-14-6-4-5-7-17(14)24-3)9-18(21)20-11-15-10-16(19(22)23)13(2)25-15/h4-7,10,12H,8-9,11H2,1-3H3,(H,20,21)(H,22,23). The third-order valence-corrected chi connectivity index (χ3v) is 3.95. The van der Waals surface area contributed by atoms with Crippen LogP contribution in [-0.4, -0.2) is 24.1 Å². The van der Waals surface area contributed by atoms with Crippen molar-refractivity contribution in [2.24, 2.45) is 5.92 Å². The molecular weight excluding hydrogens is 322 g/mol. The fraction of sp³-hybridized carbons (Fsp3) is 0.368. The van der Waals surface area contributed by atoms with Crippen molar-refractivity contribution in [2.45, 2.75) is 33.2 Å². The van der Waals surface area contributed by atoms with Crippen molar-refractivity contribution in [3.8, 4) is 5.75 Å². The van der Waals surface area contributed by atoms with Gasteiger partial charge in [-0.2, -0.15) is 0 Å². The van der Waals surface area contributed by atoms with Gasteiger partial charge in [-0.15, -0.1) is 0 Å². The first kappa shape index (κ1) is 18.6. The number of aryl methyl sites for hydroxylation is 1. The van der Waals surface area contributed by atoms with Crippen LogP contribution in [0.15, 0.2) is 34.7 Å². The minimum absolute atomic E-state index is 0.103. The monoisotopic (exact) mass is 345 g/mol. The van der Waals surface area contributed by atoms with Crippen LogP contribution in [0.5, 0.6) is 5.75 Å². The number of carboxylic acid groups (broad SMARTS) is 1. The lowest BCUT2D eigenvalue weighted by Gasteiger charge is -2.13. The summed E-state index contributed by atoms with van der Waals surface area (Å²) in [6.45, 7) is 3.77. The molecule has 25 heavy (non-hydrogen) atoms. The van der Waals surface area contributed by atoms with Gasteiger partial charge in [0.1, 0.15) is 22.8 Å². The maximum absolute atomic E-state index is 12.1. The van der Waals surface area contributed by atoms with Gasteiger partial charge in [-0.1, -0.05) is 25.1 Å². The SMILES string of the molecule is COc1ccccc1CC(C)CC(=O)NCc1cc(C(=O)O)c(C)o1. The summed E-state index contributed by atoms with van der Waals surface area (Å²) >= 11 is 0. The molecule has 0 aliphatic heterocycles. The Morgan fingerprint density at radius 3 is 2.68 bits per heavy atom. The normalized spacial score (nSPS) is 11.8. The van der Waals surface area contributed by atoms with Gasteiger partial charge in [-0.25, -0.2) is 4.79 Å². The van der Waals surface area contributed by atoms with Crippen LogP contribution in [0.1, 0.15) is 40.8 Å². The molecule has 1 heterocycles. The Labute approximate surface area is 146 Å². The lowest BCUT2D eigenvalue weighted by molar-refractivity contribution is -0.122. The van der Waals surface area contributed by atoms with Crippen molar-refractivity contribution in [2.75, 3.05) is 7.11 Å².